The molecule has 2 fully saturated rings. The number of rotatable bonds is 9. The van der Waals surface area contributed by atoms with E-state index in [0.29, 0.717) is 34.1 Å². The standard InChI is InChI=1S/C27H32Cl2N2O6S/c1-3-22(16-38(35,36)30-13-5-6-17(30)2)31-25(18-9-11-20(28)12-10-18)26(19-7-4-8-21(29)14-19)37-23(27(31)34)15-24(32)33/h4,7-12,14,17,22-23,25-26H,3,5-6,13,15-16H2,1-2H3,(H,32,33)/t17?,22?,23-,25+,26+/m0/s1. The number of carbonyl (C=O) groups excluding carboxylic acids is 1. The van der Waals surface area contributed by atoms with E-state index in [1.807, 2.05) is 13.8 Å². The van der Waals surface area contributed by atoms with Crippen molar-refractivity contribution in [1.82, 2.24) is 9.21 Å². The Morgan fingerprint density at radius 3 is 2.42 bits per heavy atom. The molecule has 2 unspecified atom stereocenters. The van der Waals surface area contributed by atoms with E-state index in [4.69, 9.17) is 27.9 Å². The fourth-order valence-electron chi connectivity index (χ4n) is 5.45. The molecule has 1 amide bonds. The molecule has 2 heterocycles. The molecule has 0 radical (unpaired) electrons. The molecule has 4 rings (SSSR count). The summed E-state index contributed by atoms with van der Waals surface area (Å²) in [6.07, 6.45) is -0.705. The van der Waals surface area contributed by atoms with Crippen molar-refractivity contribution >= 4 is 45.1 Å². The number of benzene rings is 2. The average Bonchev–Trinajstić information content (AvgIpc) is 3.31. The number of nitrogens with zero attached hydrogens (tertiary/aromatic N) is 2. The number of carbonyl (C=O) groups is 2. The van der Waals surface area contributed by atoms with Crippen LogP contribution in [0.25, 0.3) is 0 Å². The first kappa shape index (κ1) is 28.8. The van der Waals surface area contributed by atoms with Gasteiger partial charge in [0.05, 0.1) is 18.2 Å². The van der Waals surface area contributed by atoms with Crippen molar-refractivity contribution in [2.75, 3.05) is 12.3 Å². The van der Waals surface area contributed by atoms with Gasteiger partial charge in [0.1, 0.15) is 12.2 Å². The summed E-state index contributed by atoms with van der Waals surface area (Å²) >= 11 is 12.4. The molecule has 0 aliphatic carbocycles. The minimum Gasteiger partial charge on any atom is -0.481 e. The van der Waals surface area contributed by atoms with Gasteiger partial charge in [0.15, 0.2) is 0 Å². The van der Waals surface area contributed by atoms with E-state index in [1.165, 1.54) is 9.21 Å². The molecular weight excluding hydrogens is 551 g/mol. The van der Waals surface area contributed by atoms with Crippen LogP contribution in [0.15, 0.2) is 48.5 Å². The molecule has 0 aromatic heterocycles. The van der Waals surface area contributed by atoms with Crippen LogP contribution in [0.5, 0.6) is 0 Å². The minimum absolute atomic E-state index is 0.107. The molecule has 8 nitrogen and oxygen atoms in total. The Kier molecular flexibility index (Phi) is 9.04. The van der Waals surface area contributed by atoms with Crippen LogP contribution in [0.2, 0.25) is 10.0 Å². The summed E-state index contributed by atoms with van der Waals surface area (Å²) in [5, 5.41) is 10.5. The second-order valence-corrected chi connectivity index (χ2v) is 12.7. The van der Waals surface area contributed by atoms with Gasteiger partial charge in [-0.25, -0.2) is 8.42 Å². The molecule has 38 heavy (non-hydrogen) atoms. The lowest BCUT2D eigenvalue weighted by atomic mass is 9.89. The van der Waals surface area contributed by atoms with Crippen LogP contribution in [0.4, 0.5) is 0 Å². The lowest BCUT2D eigenvalue weighted by Gasteiger charge is -2.48. The Hall–Kier alpha value is -2.17. The maximum atomic E-state index is 13.9. The lowest BCUT2D eigenvalue weighted by Crippen LogP contribution is -2.57. The molecule has 206 valence electrons. The highest BCUT2D eigenvalue weighted by atomic mass is 35.5. The smallest absolute Gasteiger partial charge is 0.306 e. The van der Waals surface area contributed by atoms with Crippen molar-refractivity contribution < 1.29 is 27.9 Å². The van der Waals surface area contributed by atoms with Crippen LogP contribution in [-0.2, 0) is 24.3 Å². The van der Waals surface area contributed by atoms with E-state index in [9.17, 15) is 23.1 Å². The molecule has 0 bridgehead atoms. The van der Waals surface area contributed by atoms with Gasteiger partial charge >= 0.3 is 5.97 Å². The van der Waals surface area contributed by atoms with Gasteiger partial charge in [-0.1, -0.05) is 54.4 Å². The molecule has 0 spiro atoms. The Labute approximate surface area is 233 Å². The molecule has 1 N–H and O–H groups in total. The summed E-state index contributed by atoms with van der Waals surface area (Å²) in [4.78, 5) is 27.1. The summed E-state index contributed by atoms with van der Waals surface area (Å²) < 4.78 is 34.8. The van der Waals surface area contributed by atoms with E-state index in [0.717, 1.165) is 12.8 Å². The van der Waals surface area contributed by atoms with Crippen molar-refractivity contribution in [3.05, 3.63) is 69.7 Å². The molecule has 2 aliphatic heterocycles. The number of halogens is 2. The number of hydrogen-bond donors (Lipinski definition) is 1. The average molecular weight is 584 g/mol. The van der Waals surface area contributed by atoms with Gasteiger partial charge in [0.2, 0.25) is 10.0 Å². The second-order valence-electron chi connectivity index (χ2n) is 9.88. The van der Waals surface area contributed by atoms with Crippen LogP contribution in [0.3, 0.4) is 0 Å². The van der Waals surface area contributed by atoms with E-state index in [1.54, 1.807) is 48.5 Å². The first-order chi connectivity index (χ1) is 18.0. The largest absolute Gasteiger partial charge is 0.481 e. The molecular formula is C27H32Cl2N2O6S. The zero-order valence-electron chi connectivity index (χ0n) is 21.3. The van der Waals surface area contributed by atoms with Gasteiger partial charge in [-0.2, -0.15) is 4.31 Å². The van der Waals surface area contributed by atoms with Crippen molar-refractivity contribution in [2.24, 2.45) is 0 Å². The fourth-order valence-corrected chi connectivity index (χ4v) is 7.91. The van der Waals surface area contributed by atoms with Gasteiger partial charge in [0.25, 0.3) is 5.91 Å². The maximum absolute atomic E-state index is 13.9. The zero-order valence-corrected chi connectivity index (χ0v) is 23.6. The number of carboxylic acids is 1. The summed E-state index contributed by atoms with van der Waals surface area (Å²) in [6, 6.07) is 12.4. The Balaban J connectivity index is 1.83. The zero-order chi connectivity index (χ0) is 27.6. The van der Waals surface area contributed by atoms with Crippen LogP contribution in [0.1, 0.15) is 62.8 Å². The summed E-state index contributed by atoms with van der Waals surface area (Å²) in [7, 11) is -3.69. The SMILES string of the molecule is CCC(CS(=O)(=O)N1CCCC1C)N1C(=O)[C@H](CC(=O)O)O[C@H](c2cccc(Cl)c2)[C@H]1c1ccc(Cl)cc1. The topological polar surface area (TPSA) is 104 Å². The van der Waals surface area contributed by atoms with Crippen molar-refractivity contribution in [3.8, 4) is 0 Å². The summed E-state index contributed by atoms with van der Waals surface area (Å²) in [5.41, 5.74) is 1.34. The molecule has 0 saturated carbocycles. The Bertz CT molecular complexity index is 1270. The third-order valence-corrected chi connectivity index (χ3v) is 9.84. The number of morpholine rings is 1. The third-order valence-electron chi connectivity index (χ3n) is 7.29. The van der Waals surface area contributed by atoms with Gasteiger partial charge in [-0.15, -0.1) is 0 Å². The predicted octanol–water partition coefficient (Wildman–Crippen LogP) is 5.07. The lowest BCUT2D eigenvalue weighted by molar-refractivity contribution is -0.182. The first-order valence-electron chi connectivity index (χ1n) is 12.7. The van der Waals surface area contributed by atoms with Gasteiger partial charge in [0, 0.05) is 28.7 Å². The molecule has 2 aromatic carbocycles. The second kappa shape index (κ2) is 11.9. The fraction of sp³-hybridized carbons (Fsp3) is 0.481. The highest BCUT2D eigenvalue weighted by Gasteiger charge is 2.48. The van der Waals surface area contributed by atoms with Crippen LogP contribution in [0, 0.1) is 0 Å². The summed E-state index contributed by atoms with van der Waals surface area (Å²) in [5.74, 6) is -2.02. The van der Waals surface area contributed by atoms with Crippen LogP contribution < -0.4 is 0 Å². The van der Waals surface area contributed by atoms with Gasteiger partial charge in [-0.3, -0.25) is 9.59 Å². The normalized spacial score (nSPS) is 25.5. The monoisotopic (exact) mass is 582 g/mol. The maximum Gasteiger partial charge on any atom is 0.306 e. The van der Waals surface area contributed by atoms with Crippen LogP contribution in [-0.4, -0.2) is 65.1 Å². The first-order valence-corrected chi connectivity index (χ1v) is 15.1. The highest BCUT2D eigenvalue weighted by Crippen LogP contribution is 2.45. The van der Waals surface area contributed by atoms with Gasteiger partial charge in [-0.05, 0) is 61.6 Å². The minimum atomic E-state index is -3.69. The number of ether oxygens (including phenoxy) is 1. The Morgan fingerprint density at radius 1 is 1.13 bits per heavy atom. The van der Waals surface area contributed by atoms with Crippen LogP contribution >= 0.6 is 23.2 Å². The van der Waals surface area contributed by atoms with Gasteiger partial charge < -0.3 is 14.7 Å². The molecule has 2 aliphatic rings. The van der Waals surface area contributed by atoms with E-state index < -0.39 is 52.6 Å². The molecule has 11 heteroatoms. The van der Waals surface area contributed by atoms with E-state index in [2.05, 4.69) is 0 Å². The van der Waals surface area contributed by atoms with Crippen molar-refractivity contribution in [2.45, 2.75) is 69.9 Å². The van der Waals surface area contributed by atoms with Crippen molar-refractivity contribution in [3.63, 3.8) is 0 Å². The van der Waals surface area contributed by atoms with Crippen molar-refractivity contribution in [1.29, 1.82) is 0 Å². The third kappa shape index (κ3) is 6.18. The molecule has 2 saturated heterocycles. The van der Waals surface area contributed by atoms with E-state index >= 15 is 0 Å². The molecule has 2 aromatic rings. The quantitative estimate of drug-likeness (QED) is 0.442. The predicted molar refractivity (Wildman–Crippen MR) is 146 cm³/mol. The highest BCUT2D eigenvalue weighted by molar-refractivity contribution is 7.89. The summed E-state index contributed by atoms with van der Waals surface area (Å²) in [6.45, 7) is 4.17. The number of aliphatic carboxylic acids is 1. The Morgan fingerprint density at radius 2 is 1.84 bits per heavy atom. The number of amides is 1. The number of carboxylic acid groups (broad SMARTS) is 1. The number of sulfonamides is 1. The molecule has 5 atom stereocenters. The van der Waals surface area contributed by atoms with E-state index in [-0.39, 0.29) is 11.8 Å². The number of hydrogen-bond acceptors (Lipinski definition) is 5.